The van der Waals surface area contributed by atoms with E-state index in [2.05, 4.69) is 61.3 Å². The Balaban J connectivity index is 0.981. The molecule has 0 amide bonds. The summed E-state index contributed by atoms with van der Waals surface area (Å²) in [5.41, 5.74) is 5.14. The Morgan fingerprint density at radius 2 is 1.70 bits per heavy atom. The number of halogens is 3. The summed E-state index contributed by atoms with van der Waals surface area (Å²) < 4.78 is 66.7. The molecule has 7 rings (SSSR count). The fraction of sp³-hybridized carbons (Fsp3) is 0.528. The van der Waals surface area contributed by atoms with E-state index in [4.69, 9.17) is 0 Å². The molecule has 2 aromatic heterocycles. The first-order chi connectivity index (χ1) is 23.7. The smallest absolute Gasteiger partial charge is 0.355 e. The minimum Gasteiger partial charge on any atom is -0.355 e. The Labute approximate surface area is 291 Å². The van der Waals surface area contributed by atoms with Crippen molar-refractivity contribution < 1.29 is 21.6 Å². The Kier molecular flexibility index (Phi) is 9.07. The summed E-state index contributed by atoms with van der Waals surface area (Å²) in [7, 11) is -3.19. The number of aromatic nitrogens is 3. The highest BCUT2D eigenvalue weighted by atomic mass is 32.2. The number of fused-ring (bicyclic) bond motifs is 2. The summed E-state index contributed by atoms with van der Waals surface area (Å²) in [6.45, 7) is 11.6. The third kappa shape index (κ3) is 6.93. The number of benzene rings is 2. The highest BCUT2D eigenvalue weighted by Gasteiger charge is 2.45. The Morgan fingerprint density at radius 3 is 2.36 bits per heavy atom. The predicted octanol–water partition coefficient (Wildman–Crippen LogP) is 4.94. The van der Waals surface area contributed by atoms with Crippen LogP contribution in [0.4, 0.5) is 19.0 Å². The van der Waals surface area contributed by atoms with Crippen molar-refractivity contribution in [1.29, 1.82) is 5.26 Å². The van der Waals surface area contributed by atoms with Crippen LogP contribution in [-0.4, -0.2) is 108 Å². The van der Waals surface area contributed by atoms with Gasteiger partial charge in [0, 0.05) is 80.1 Å². The third-order valence-electron chi connectivity index (χ3n) is 11.1. The van der Waals surface area contributed by atoms with Crippen molar-refractivity contribution in [2.45, 2.75) is 58.4 Å². The van der Waals surface area contributed by atoms with Gasteiger partial charge in [-0.15, -0.1) is 0 Å². The van der Waals surface area contributed by atoms with Crippen LogP contribution in [0.1, 0.15) is 42.1 Å². The second kappa shape index (κ2) is 13.1. The molecule has 0 bridgehead atoms. The lowest BCUT2D eigenvalue weighted by Gasteiger charge is -2.54. The lowest BCUT2D eigenvalue weighted by atomic mass is 9.72. The minimum absolute atomic E-state index is 0.141. The zero-order valence-electron chi connectivity index (χ0n) is 28.7. The average molecular weight is 709 g/mol. The number of sulfonamides is 1. The molecule has 4 aromatic rings. The van der Waals surface area contributed by atoms with Crippen LogP contribution in [0, 0.1) is 23.7 Å². The van der Waals surface area contributed by atoms with E-state index in [1.165, 1.54) is 34.1 Å². The summed E-state index contributed by atoms with van der Waals surface area (Å²) in [5, 5.41) is 11.8. The van der Waals surface area contributed by atoms with E-state index in [9.17, 15) is 26.9 Å². The Morgan fingerprint density at radius 1 is 0.980 bits per heavy atom. The van der Waals surface area contributed by atoms with Crippen molar-refractivity contribution in [3.8, 4) is 6.07 Å². The number of aryl methyl sites for hydroxylation is 1. The minimum atomic E-state index is -4.27. The molecule has 1 atom stereocenters. The highest BCUT2D eigenvalue weighted by Crippen LogP contribution is 2.44. The molecule has 2 aromatic carbocycles. The summed E-state index contributed by atoms with van der Waals surface area (Å²) in [6.07, 6.45) is -0.410. The first-order valence-corrected chi connectivity index (χ1v) is 19.1. The maximum absolute atomic E-state index is 13.1. The van der Waals surface area contributed by atoms with Gasteiger partial charge in [-0.2, -0.15) is 22.7 Å². The van der Waals surface area contributed by atoms with Crippen molar-refractivity contribution >= 4 is 37.6 Å². The number of piperidine rings is 1. The fourth-order valence-electron chi connectivity index (χ4n) is 8.18. The number of nitrogens with zero attached hydrogens (tertiary/aromatic N) is 8. The van der Waals surface area contributed by atoms with Gasteiger partial charge in [0.2, 0.25) is 10.0 Å². The Bertz CT molecular complexity index is 2050. The lowest BCUT2D eigenvalue weighted by Crippen LogP contribution is -2.60. The van der Waals surface area contributed by atoms with Gasteiger partial charge in [-0.05, 0) is 80.7 Å². The molecule has 3 fully saturated rings. The second-order valence-electron chi connectivity index (χ2n) is 14.6. The third-order valence-corrected chi connectivity index (χ3v) is 12.4. The maximum atomic E-state index is 13.1. The molecule has 0 aliphatic carbocycles. The van der Waals surface area contributed by atoms with Gasteiger partial charge in [-0.25, -0.2) is 18.4 Å². The number of hydrogen-bond acceptors (Lipinski definition) is 8. The van der Waals surface area contributed by atoms with E-state index >= 15 is 0 Å². The van der Waals surface area contributed by atoms with Crippen molar-refractivity contribution in [3.05, 3.63) is 65.1 Å². The van der Waals surface area contributed by atoms with Crippen LogP contribution in [0.25, 0.3) is 21.8 Å². The van der Waals surface area contributed by atoms with Gasteiger partial charge in [0.1, 0.15) is 23.9 Å². The molecule has 3 aliphatic rings. The molecule has 50 heavy (non-hydrogen) atoms. The van der Waals surface area contributed by atoms with Gasteiger partial charge < -0.3 is 9.47 Å². The molecule has 0 N–H and O–H groups in total. The van der Waals surface area contributed by atoms with Crippen LogP contribution in [0.5, 0.6) is 0 Å². The molecular weight excluding hydrogens is 666 g/mol. The number of hydrogen-bond donors (Lipinski definition) is 0. The van der Waals surface area contributed by atoms with E-state index in [-0.39, 0.29) is 17.0 Å². The van der Waals surface area contributed by atoms with E-state index in [0.717, 1.165) is 56.5 Å². The topological polar surface area (TPSA) is 102 Å². The average Bonchev–Trinajstić information content (AvgIpc) is 3.42. The summed E-state index contributed by atoms with van der Waals surface area (Å²) >= 11 is 0. The number of anilines is 1. The molecule has 10 nitrogen and oxygen atoms in total. The normalized spacial score (nSPS) is 20.0. The van der Waals surface area contributed by atoms with Gasteiger partial charge in [0.15, 0.2) is 0 Å². The zero-order chi connectivity index (χ0) is 35.4. The zero-order valence-corrected chi connectivity index (χ0v) is 29.6. The molecule has 3 saturated heterocycles. The number of piperazine rings is 1. The first kappa shape index (κ1) is 34.7. The van der Waals surface area contributed by atoms with Crippen molar-refractivity contribution in [3.63, 3.8) is 0 Å². The van der Waals surface area contributed by atoms with Gasteiger partial charge in [-0.1, -0.05) is 12.1 Å². The lowest BCUT2D eigenvalue weighted by molar-refractivity contribution is -0.127. The second-order valence-corrected chi connectivity index (χ2v) is 16.5. The predicted molar refractivity (Wildman–Crippen MR) is 187 cm³/mol. The summed E-state index contributed by atoms with van der Waals surface area (Å²) in [4.78, 5) is 15.8. The Hall–Kier alpha value is -3.77. The van der Waals surface area contributed by atoms with Gasteiger partial charge in [0.05, 0.1) is 18.2 Å². The molecule has 5 heterocycles. The maximum Gasteiger partial charge on any atom is 0.393 e. The molecule has 0 unspecified atom stereocenters. The van der Waals surface area contributed by atoms with Gasteiger partial charge >= 0.3 is 6.18 Å². The molecule has 0 radical (unpaired) electrons. The van der Waals surface area contributed by atoms with Gasteiger partial charge in [-0.3, -0.25) is 9.80 Å². The molecular formula is C36H43F3N8O2S. The molecule has 1 spiro atoms. The van der Waals surface area contributed by atoms with Crippen LogP contribution < -0.4 is 4.90 Å². The highest BCUT2D eigenvalue weighted by molar-refractivity contribution is 7.88. The number of likely N-dealkylation sites (tertiary alicyclic amines) is 1. The first-order valence-electron chi connectivity index (χ1n) is 17.2. The fourth-order valence-corrected chi connectivity index (χ4v) is 9.00. The van der Waals surface area contributed by atoms with Crippen LogP contribution in [0.2, 0.25) is 0 Å². The SMILES string of the molecule is Cc1c(CN2CCC3(CC2)CN(c2ncnc4ccc(CC(F)(F)F)cc24)C3)ccc2c1cc(C#N)n2C[C@@H](C)N1CCN(S(C)(=O)=O)CC1. The van der Waals surface area contributed by atoms with E-state index in [0.29, 0.717) is 55.1 Å². The van der Waals surface area contributed by atoms with Crippen molar-refractivity contribution in [2.24, 2.45) is 5.41 Å². The number of alkyl halides is 3. The summed E-state index contributed by atoms with van der Waals surface area (Å²) in [6, 6.07) is 13.6. The number of nitriles is 1. The van der Waals surface area contributed by atoms with Crippen LogP contribution in [0.3, 0.4) is 0 Å². The molecule has 266 valence electrons. The van der Waals surface area contributed by atoms with Crippen LogP contribution in [-0.2, 0) is 29.5 Å². The number of rotatable bonds is 8. The van der Waals surface area contributed by atoms with Crippen LogP contribution in [0.15, 0.2) is 42.7 Å². The largest absolute Gasteiger partial charge is 0.393 e. The van der Waals surface area contributed by atoms with Gasteiger partial charge in [0.25, 0.3) is 0 Å². The van der Waals surface area contributed by atoms with Crippen LogP contribution >= 0.6 is 0 Å². The molecule has 0 saturated carbocycles. The monoisotopic (exact) mass is 708 g/mol. The molecule has 3 aliphatic heterocycles. The standard InChI is InChI=1S/C36H43F3N8O2S/c1-25(44-12-14-46(15-13-44)50(3,48)49)20-47-29(19-40)17-30-26(2)28(5-7-33(30)47)21-43-10-8-35(9-11-43)22-45(23-35)34-31-16-27(18-36(37,38)39)4-6-32(31)41-24-42-34/h4-7,16-17,24-25H,8-15,18,20-23H2,1-3H3/t25-/m1/s1. The summed E-state index contributed by atoms with van der Waals surface area (Å²) in [5.74, 6) is 0.712. The molecule has 14 heteroatoms. The van der Waals surface area contributed by atoms with Crippen molar-refractivity contribution in [1.82, 2.24) is 28.6 Å². The van der Waals surface area contributed by atoms with E-state index in [1.807, 2.05) is 6.07 Å². The van der Waals surface area contributed by atoms with Crippen molar-refractivity contribution in [2.75, 3.05) is 63.5 Å². The van der Waals surface area contributed by atoms with E-state index < -0.39 is 22.6 Å². The van der Waals surface area contributed by atoms with E-state index in [1.54, 1.807) is 12.1 Å². The quantitative estimate of drug-likeness (QED) is 0.254.